The molecule has 0 radical (unpaired) electrons. The third-order valence-electron chi connectivity index (χ3n) is 4.16. The van der Waals surface area contributed by atoms with Gasteiger partial charge in [-0.15, -0.1) is 10.2 Å². The van der Waals surface area contributed by atoms with Gasteiger partial charge in [0.25, 0.3) is 0 Å². The van der Waals surface area contributed by atoms with Crippen molar-refractivity contribution in [3.63, 3.8) is 0 Å². The van der Waals surface area contributed by atoms with Crippen LogP contribution in [0.1, 0.15) is 11.5 Å². The molecule has 27 heavy (non-hydrogen) atoms. The lowest BCUT2D eigenvalue weighted by Gasteiger charge is -2.18. The normalized spacial score (nSPS) is 16.0. The number of nitrogens with zero attached hydrogens (tertiary/aromatic N) is 2. The molecule has 8 nitrogen and oxygen atoms in total. The van der Waals surface area contributed by atoms with Crippen LogP contribution < -0.4 is 14.2 Å². The van der Waals surface area contributed by atoms with E-state index in [-0.39, 0.29) is 11.3 Å². The lowest BCUT2D eigenvalue weighted by atomic mass is 9.90. The van der Waals surface area contributed by atoms with Crippen molar-refractivity contribution in [3.8, 4) is 17.2 Å². The fraction of sp³-hybridized carbons (Fsp3) is 0.278. The van der Waals surface area contributed by atoms with Gasteiger partial charge in [0.15, 0.2) is 11.5 Å². The van der Waals surface area contributed by atoms with Gasteiger partial charge in [-0.05, 0) is 29.3 Å². The number of allylic oxidation sites excluding steroid dienone is 4. The lowest BCUT2D eigenvalue weighted by molar-refractivity contribution is 0.324. The van der Waals surface area contributed by atoms with E-state index in [0.29, 0.717) is 23.1 Å². The van der Waals surface area contributed by atoms with Crippen LogP contribution in [0.3, 0.4) is 0 Å². The number of hydrogen-bond acceptors (Lipinski definition) is 8. The van der Waals surface area contributed by atoms with Crippen LogP contribution in [-0.4, -0.2) is 44.8 Å². The maximum absolute atomic E-state index is 11.6. The van der Waals surface area contributed by atoms with Crippen molar-refractivity contribution in [2.24, 2.45) is 5.92 Å². The molecule has 1 aromatic carbocycles. The standard InChI is InChI=1S/C18H18N2O6S/c1-23-14-7-12(8-15(24-2)18(14)25-3)11-4-5-16(27(21)22)13(6-11)9-17-20-19-10-26-17/h4-8,10,13H,9H2,1-3H3. The predicted molar refractivity (Wildman–Crippen MR) is 98.6 cm³/mol. The van der Waals surface area contributed by atoms with Crippen LogP contribution in [0.25, 0.3) is 5.57 Å². The summed E-state index contributed by atoms with van der Waals surface area (Å²) in [4.78, 5) is 0.254. The second-order valence-corrected chi connectivity index (χ2v) is 6.59. The van der Waals surface area contributed by atoms with Gasteiger partial charge in [0, 0.05) is 12.3 Å². The van der Waals surface area contributed by atoms with Crippen LogP contribution in [0.5, 0.6) is 17.2 Å². The van der Waals surface area contributed by atoms with Crippen molar-refractivity contribution in [1.29, 1.82) is 0 Å². The first kappa shape index (κ1) is 18.7. The number of benzene rings is 1. The summed E-state index contributed by atoms with van der Waals surface area (Å²) in [6.07, 6.45) is 6.64. The molecule has 0 fully saturated rings. The fourth-order valence-corrected chi connectivity index (χ4v) is 3.48. The Balaban J connectivity index is 2.06. The van der Waals surface area contributed by atoms with Gasteiger partial charge >= 0.3 is 0 Å². The molecule has 2 aromatic rings. The number of hydrogen-bond donors (Lipinski definition) is 0. The molecule has 0 saturated carbocycles. The van der Waals surface area contributed by atoms with E-state index in [1.807, 2.05) is 6.08 Å². The highest BCUT2D eigenvalue weighted by Gasteiger charge is 2.22. The van der Waals surface area contributed by atoms with Crippen molar-refractivity contribution in [2.45, 2.75) is 6.42 Å². The van der Waals surface area contributed by atoms with E-state index in [0.717, 1.165) is 11.1 Å². The first-order valence-electron chi connectivity index (χ1n) is 7.98. The summed E-state index contributed by atoms with van der Waals surface area (Å²) in [5.41, 5.74) is 1.61. The van der Waals surface area contributed by atoms with Gasteiger partial charge in [0.2, 0.25) is 28.3 Å². The van der Waals surface area contributed by atoms with Crippen molar-refractivity contribution in [2.75, 3.05) is 21.3 Å². The van der Waals surface area contributed by atoms with E-state index >= 15 is 0 Å². The zero-order chi connectivity index (χ0) is 19.4. The van der Waals surface area contributed by atoms with E-state index in [1.165, 1.54) is 27.7 Å². The molecule has 0 spiro atoms. The van der Waals surface area contributed by atoms with Crippen LogP contribution in [-0.2, 0) is 16.7 Å². The van der Waals surface area contributed by atoms with E-state index in [2.05, 4.69) is 10.2 Å². The minimum absolute atomic E-state index is 0.254. The summed E-state index contributed by atoms with van der Waals surface area (Å²) < 4.78 is 44.4. The third-order valence-corrected chi connectivity index (χ3v) is 4.99. The summed E-state index contributed by atoms with van der Waals surface area (Å²) in [6, 6.07) is 3.61. The first-order valence-corrected chi connectivity index (χ1v) is 9.06. The summed E-state index contributed by atoms with van der Waals surface area (Å²) in [6.45, 7) is 0. The second-order valence-electron chi connectivity index (χ2n) is 5.65. The number of rotatable bonds is 6. The molecule has 3 rings (SSSR count). The minimum atomic E-state index is -2.36. The fourth-order valence-electron chi connectivity index (χ4n) is 2.90. The molecule has 1 aliphatic carbocycles. The van der Waals surface area contributed by atoms with Crippen LogP contribution in [0, 0.1) is 5.92 Å². The molecule has 0 amide bonds. The Morgan fingerprint density at radius 3 is 2.30 bits per heavy atom. The zero-order valence-electron chi connectivity index (χ0n) is 15.0. The van der Waals surface area contributed by atoms with Crippen LogP contribution in [0.4, 0.5) is 0 Å². The zero-order valence-corrected chi connectivity index (χ0v) is 15.8. The van der Waals surface area contributed by atoms with Crippen molar-refractivity contribution < 1.29 is 27.0 Å². The number of ether oxygens (including phenoxy) is 3. The van der Waals surface area contributed by atoms with E-state index < -0.39 is 16.2 Å². The highest BCUT2D eigenvalue weighted by Crippen LogP contribution is 2.40. The topological polar surface area (TPSA) is 101 Å². The molecule has 1 aliphatic rings. The number of aromatic nitrogens is 2. The monoisotopic (exact) mass is 390 g/mol. The first-order chi connectivity index (χ1) is 13.1. The molecule has 0 N–H and O–H groups in total. The second kappa shape index (κ2) is 8.09. The third kappa shape index (κ3) is 3.87. The summed E-state index contributed by atoms with van der Waals surface area (Å²) in [5, 5.41) is 7.47. The molecule has 1 heterocycles. The van der Waals surface area contributed by atoms with Crippen LogP contribution in [0.15, 0.2) is 41.2 Å². The Labute approximate surface area is 157 Å². The molecular formula is C18H18N2O6S. The quantitative estimate of drug-likeness (QED) is 0.690. The minimum Gasteiger partial charge on any atom is -0.493 e. The van der Waals surface area contributed by atoms with Gasteiger partial charge in [-0.2, -0.15) is 8.42 Å². The Kier molecular flexibility index (Phi) is 5.60. The van der Waals surface area contributed by atoms with Gasteiger partial charge in [0.1, 0.15) is 0 Å². The maximum atomic E-state index is 11.6. The number of methoxy groups -OCH3 is 3. The Bertz CT molecular complexity index is 989. The molecule has 9 heteroatoms. The smallest absolute Gasteiger partial charge is 0.217 e. The molecule has 0 aliphatic heterocycles. The summed E-state index contributed by atoms with van der Waals surface area (Å²) >= 11 is 0. The molecule has 142 valence electrons. The van der Waals surface area contributed by atoms with Crippen LogP contribution >= 0.6 is 0 Å². The van der Waals surface area contributed by atoms with Gasteiger partial charge in [-0.3, -0.25) is 0 Å². The molecule has 1 atom stereocenters. The highest BCUT2D eigenvalue weighted by molar-refractivity contribution is 7.73. The SMILES string of the molecule is COc1cc(C2=CC(Cc3nnco3)C(=S(=O)=O)C=C2)cc(OC)c1OC. The maximum Gasteiger partial charge on any atom is 0.217 e. The Morgan fingerprint density at radius 2 is 1.78 bits per heavy atom. The summed E-state index contributed by atoms with van der Waals surface area (Å²) in [7, 11) is 2.25. The predicted octanol–water partition coefficient (Wildman–Crippen LogP) is 1.96. The Hall–Kier alpha value is -3.07. The largest absolute Gasteiger partial charge is 0.493 e. The van der Waals surface area contributed by atoms with Gasteiger partial charge in [0.05, 0.1) is 26.2 Å². The Morgan fingerprint density at radius 1 is 1.07 bits per heavy atom. The van der Waals surface area contributed by atoms with Crippen molar-refractivity contribution >= 4 is 20.7 Å². The van der Waals surface area contributed by atoms with E-state index in [1.54, 1.807) is 24.3 Å². The van der Waals surface area contributed by atoms with Gasteiger partial charge in [-0.25, -0.2) is 0 Å². The molecular weight excluding hydrogens is 372 g/mol. The van der Waals surface area contributed by atoms with E-state index in [9.17, 15) is 8.42 Å². The molecule has 1 unspecified atom stereocenters. The summed E-state index contributed by atoms with van der Waals surface area (Å²) in [5.74, 6) is 1.44. The van der Waals surface area contributed by atoms with Crippen molar-refractivity contribution in [3.05, 3.63) is 48.2 Å². The van der Waals surface area contributed by atoms with Crippen LogP contribution in [0.2, 0.25) is 0 Å². The highest BCUT2D eigenvalue weighted by atomic mass is 32.2. The molecule has 0 saturated heterocycles. The average Bonchev–Trinajstić information content (AvgIpc) is 3.19. The van der Waals surface area contributed by atoms with Crippen molar-refractivity contribution in [1.82, 2.24) is 10.2 Å². The average molecular weight is 390 g/mol. The van der Waals surface area contributed by atoms with E-state index in [4.69, 9.17) is 18.6 Å². The molecule has 0 bridgehead atoms. The molecule has 1 aromatic heterocycles. The lowest BCUT2D eigenvalue weighted by Crippen LogP contribution is -2.17. The van der Waals surface area contributed by atoms with Gasteiger partial charge < -0.3 is 18.6 Å². The van der Waals surface area contributed by atoms with Gasteiger partial charge in [-0.1, -0.05) is 12.2 Å².